The van der Waals surface area contributed by atoms with Crippen molar-refractivity contribution in [3.05, 3.63) is 47.5 Å². The normalized spacial score (nSPS) is 11.1. The van der Waals surface area contributed by atoms with Gasteiger partial charge in [-0.1, -0.05) is 12.1 Å². The van der Waals surface area contributed by atoms with Crippen LogP contribution in [-0.2, 0) is 25.7 Å². The zero-order valence-electron chi connectivity index (χ0n) is 11.7. The zero-order chi connectivity index (χ0) is 15.8. The number of aliphatic hydroxyl groups is 1. The van der Waals surface area contributed by atoms with Crippen LogP contribution in [0.5, 0.6) is 0 Å². The van der Waals surface area contributed by atoms with Gasteiger partial charge in [0.2, 0.25) is 5.76 Å². The third-order valence-electron chi connectivity index (χ3n) is 2.42. The summed E-state index contributed by atoms with van der Waals surface area (Å²) in [5.74, 6) is -2.98. The van der Waals surface area contributed by atoms with E-state index in [-0.39, 0.29) is 13.2 Å². The number of halogens is 1. The Bertz CT molecular complexity index is 527. The highest BCUT2D eigenvalue weighted by Crippen LogP contribution is 2.08. The molecule has 6 nitrogen and oxygen atoms in total. The van der Waals surface area contributed by atoms with Gasteiger partial charge in [-0.3, -0.25) is 9.63 Å². The molecule has 0 spiro atoms. The summed E-state index contributed by atoms with van der Waals surface area (Å²) in [5, 5.41) is 10.3. The number of amides is 1. The van der Waals surface area contributed by atoms with E-state index in [1.807, 2.05) is 0 Å². The van der Waals surface area contributed by atoms with Gasteiger partial charge >= 0.3 is 5.97 Å². The van der Waals surface area contributed by atoms with Crippen LogP contribution in [0.25, 0.3) is 0 Å². The van der Waals surface area contributed by atoms with Gasteiger partial charge in [-0.25, -0.2) is 14.2 Å². The summed E-state index contributed by atoms with van der Waals surface area (Å²) in [5.41, 5.74) is 0.629. The lowest BCUT2D eigenvalue weighted by Gasteiger charge is -2.19. The van der Waals surface area contributed by atoms with Crippen LogP contribution in [0.4, 0.5) is 4.39 Å². The highest BCUT2D eigenvalue weighted by atomic mass is 19.1. The van der Waals surface area contributed by atoms with Crippen molar-refractivity contribution in [2.24, 2.45) is 0 Å². The maximum Gasteiger partial charge on any atom is 0.373 e. The predicted molar refractivity (Wildman–Crippen MR) is 71.3 cm³/mol. The second-order valence-corrected chi connectivity index (χ2v) is 3.94. The first-order valence-electron chi connectivity index (χ1n) is 6.15. The van der Waals surface area contributed by atoms with Gasteiger partial charge in [-0.05, 0) is 24.6 Å². The monoisotopic (exact) mass is 297 g/mol. The Morgan fingerprint density at radius 1 is 1.33 bits per heavy atom. The second kappa shape index (κ2) is 8.01. The van der Waals surface area contributed by atoms with Gasteiger partial charge in [0.05, 0.1) is 26.3 Å². The number of rotatable bonds is 6. The minimum Gasteiger partial charge on any atom is -0.502 e. The average Bonchev–Trinajstić information content (AvgIpc) is 2.47. The minimum atomic E-state index is -1.03. The summed E-state index contributed by atoms with van der Waals surface area (Å²) in [4.78, 5) is 28.1. The Kier molecular flexibility index (Phi) is 6.35. The van der Waals surface area contributed by atoms with E-state index in [4.69, 9.17) is 4.84 Å². The number of benzene rings is 1. The summed E-state index contributed by atoms with van der Waals surface area (Å²) in [6.45, 7) is 1.92. The van der Waals surface area contributed by atoms with Gasteiger partial charge in [0.15, 0.2) is 0 Å². The van der Waals surface area contributed by atoms with E-state index in [1.54, 1.807) is 6.92 Å². The molecule has 1 aromatic rings. The highest BCUT2D eigenvalue weighted by molar-refractivity contribution is 5.96. The van der Waals surface area contributed by atoms with Crippen LogP contribution in [0.2, 0.25) is 0 Å². The standard InChI is InChI=1S/C14H16FNO5/c1-3-21-16(9-10-4-6-11(15)7-5-10)13(18)8-12(17)14(19)20-2/h4-8,17H,3,9H2,1-2H3/b12-8-. The number of nitrogens with zero attached hydrogens (tertiary/aromatic N) is 1. The number of carbonyl (C=O) groups is 2. The van der Waals surface area contributed by atoms with E-state index < -0.39 is 23.5 Å². The summed E-state index contributed by atoms with van der Waals surface area (Å²) in [6, 6.07) is 5.51. The van der Waals surface area contributed by atoms with Crippen LogP contribution in [0.15, 0.2) is 36.1 Å². The first-order chi connectivity index (χ1) is 9.97. The zero-order valence-corrected chi connectivity index (χ0v) is 11.7. The summed E-state index contributed by atoms with van der Waals surface area (Å²) in [6.07, 6.45) is 0.699. The van der Waals surface area contributed by atoms with Crippen molar-refractivity contribution in [3.63, 3.8) is 0 Å². The molecular formula is C14H16FNO5. The fourth-order valence-electron chi connectivity index (χ4n) is 1.45. The van der Waals surface area contributed by atoms with Gasteiger partial charge in [-0.15, -0.1) is 0 Å². The Morgan fingerprint density at radius 2 is 1.95 bits per heavy atom. The lowest BCUT2D eigenvalue weighted by atomic mass is 10.2. The molecule has 0 heterocycles. The van der Waals surface area contributed by atoms with Crippen molar-refractivity contribution in [2.75, 3.05) is 13.7 Å². The van der Waals surface area contributed by atoms with Gasteiger partial charge in [0, 0.05) is 0 Å². The van der Waals surface area contributed by atoms with Crippen molar-refractivity contribution in [1.29, 1.82) is 0 Å². The van der Waals surface area contributed by atoms with Crippen LogP contribution >= 0.6 is 0 Å². The highest BCUT2D eigenvalue weighted by Gasteiger charge is 2.16. The Balaban J connectivity index is 2.83. The van der Waals surface area contributed by atoms with Crippen molar-refractivity contribution in [3.8, 4) is 0 Å². The molecular weight excluding hydrogens is 281 g/mol. The molecule has 0 fully saturated rings. The van der Waals surface area contributed by atoms with E-state index >= 15 is 0 Å². The molecule has 0 aliphatic carbocycles. The van der Waals surface area contributed by atoms with Crippen molar-refractivity contribution in [1.82, 2.24) is 5.06 Å². The molecule has 0 bridgehead atoms. The maximum absolute atomic E-state index is 12.8. The first-order valence-corrected chi connectivity index (χ1v) is 6.15. The van der Waals surface area contributed by atoms with Gasteiger partial charge < -0.3 is 9.84 Å². The molecule has 0 unspecified atom stereocenters. The number of hydrogen-bond acceptors (Lipinski definition) is 5. The number of hydrogen-bond donors (Lipinski definition) is 1. The summed E-state index contributed by atoms with van der Waals surface area (Å²) < 4.78 is 17.1. The molecule has 0 saturated heterocycles. The van der Waals surface area contributed by atoms with Crippen LogP contribution in [0.1, 0.15) is 12.5 Å². The molecule has 0 radical (unpaired) electrons. The molecule has 0 aromatic heterocycles. The molecule has 1 amide bonds. The number of carbonyl (C=O) groups excluding carboxylic acids is 2. The number of esters is 1. The van der Waals surface area contributed by atoms with Crippen LogP contribution in [-0.4, -0.2) is 35.8 Å². The SMILES string of the molecule is CCON(Cc1ccc(F)cc1)C(=O)/C=C(\O)C(=O)OC. The van der Waals surface area contributed by atoms with Crippen LogP contribution in [0, 0.1) is 5.82 Å². The lowest BCUT2D eigenvalue weighted by Crippen LogP contribution is -2.30. The molecule has 1 rings (SSSR count). The van der Waals surface area contributed by atoms with Crippen LogP contribution < -0.4 is 0 Å². The average molecular weight is 297 g/mol. The number of aliphatic hydroxyl groups excluding tert-OH is 1. The molecule has 114 valence electrons. The van der Waals surface area contributed by atoms with Gasteiger partial charge in [0.1, 0.15) is 5.82 Å². The van der Waals surface area contributed by atoms with E-state index in [0.717, 1.165) is 12.2 Å². The van der Waals surface area contributed by atoms with E-state index in [1.165, 1.54) is 24.3 Å². The second-order valence-electron chi connectivity index (χ2n) is 3.94. The number of methoxy groups -OCH3 is 1. The molecule has 0 aliphatic rings. The Hall–Kier alpha value is -2.41. The summed E-state index contributed by atoms with van der Waals surface area (Å²) in [7, 11) is 1.08. The molecule has 0 saturated carbocycles. The van der Waals surface area contributed by atoms with Crippen molar-refractivity contribution < 1.29 is 28.7 Å². The van der Waals surface area contributed by atoms with Crippen LogP contribution in [0.3, 0.4) is 0 Å². The van der Waals surface area contributed by atoms with E-state index in [0.29, 0.717) is 11.6 Å². The fraction of sp³-hybridized carbons (Fsp3) is 0.286. The molecule has 7 heteroatoms. The van der Waals surface area contributed by atoms with E-state index in [9.17, 15) is 19.1 Å². The smallest absolute Gasteiger partial charge is 0.373 e. The predicted octanol–water partition coefficient (Wildman–Crippen LogP) is 1.72. The lowest BCUT2D eigenvalue weighted by molar-refractivity contribution is -0.183. The third-order valence-corrected chi connectivity index (χ3v) is 2.42. The van der Waals surface area contributed by atoms with Gasteiger partial charge in [-0.2, -0.15) is 0 Å². The molecule has 1 aromatic carbocycles. The Morgan fingerprint density at radius 3 is 2.48 bits per heavy atom. The maximum atomic E-state index is 12.8. The largest absolute Gasteiger partial charge is 0.502 e. The quantitative estimate of drug-likeness (QED) is 0.374. The van der Waals surface area contributed by atoms with Crippen molar-refractivity contribution in [2.45, 2.75) is 13.5 Å². The molecule has 1 N–H and O–H groups in total. The first kappa shape index (κ1) is 16.6. The molecule has 21 heavy (non-hydrogen) atoms. The summed E-state index contributed by atoms with van der Waals surface area (Å²) >= 11 is 0. The number of hydroxylamine groups is 2. The number of ether oxygens (including phenoxy) is 1. The van der Waals surface area contributed by atoms with E-state index in [2.05, 4.69) is 4.74 Å². The molecule has 0 aliphatic heterocycles. The molecule has 0 atom stereocenters. The van der Waals surface area contributed by atoms with Gasteiger partial charge in [0.25, 0.3) is 5.91 Å². The third kappa shape index (κ3) is 5.23. The topological polar surface area (TPSA) is 76.1 Å². The van der Waals surface area contributed by atoms with Crippen molar-refractivity contribution >= 4 is 11.9 Å². The minimum absolute atomic E-state index is 0.0396. The Labute approximate surface area is 121 Å². The fourth-order valence-corrected chi connectivity index (χ4v) is 1.45.